The fraction of sp³-hybridized carbons (Fsp3) is 0.333. The van der Waals surface area contributed by atoms with Crippen molar-refractivity contribution in [2.45, 2.75) is 25.8 Å². The zero-order valence-corrected chi connectivity index (χ0v) is 15.6. The number of pyridine rings is 1. The SMILES string of the molecule is COc1cc2c(cc1OC)CN(C(=O)CCc1cn3ccccc3n1)CC2. The Labute approximate surface area is 158 Å². The first-order chi connectivity index (χ1) is 13.2. The number of carbonyl (C=O) groups excluding carboxylic acids is 1. The van der Waals surface area contributed by atoms with Crippen molar-refractivity contribution in [1.82, 2.24) is 14.3 Å². The van der Waals surface area contributed by atoms with Crippen LogP contribution in [0.15, 0.2) is 42.7 Å². The highest BCUT2D eigenvalue weighted by Gasteiger charge is 2.22. The second kappa shape index (κ2) is 7.31. The van der Waals surface area contributed by atoms with Gasteiger partial charge in [-0.1, -0.05) is 6.07 Å². The van der Waals surface area contributed by atoms with Crippen molar-refractivity contribution >= 4 is 11.6 Å². The molecule has 27 heavy (non-hydrogen) atoms. The summed E-state index contributed by atoms with van der Waals surface area (Å²) < 4.78 is 12.8. The number of fused-ring (bicyclic) bond motifs is 2. The lowest BCUT2D eigenvalue weighted by molar-refractivity contribution is -0.132. The van der Waals surface area contributed by atoms with E-state index in [-0.39, 0.29) is 5.91 Å². The quantitative estimate of drug-likeness (QED) is 0.698. The van der Waals surface area contributed by atoms with Gasteiger partial charge in [-0.15, -0.1) is 0 Å². The number of hydrogen-bond donors (Lipinski definition) is 0. The summed E-state index contributed by atoms with van der Waals surface area (Å²) in [5, 5.41) is 0. The van der Waals surface area contributed by atoms with Crippen LogP contribution in [0.5, 0.6) is 11.5 Å². The third kappa shape index (κ3) is 3.47. The van der Waals surface area contributed by atoms with Crippen LogP contribution in [0, 0.1) is 0 Å². The van der Waals surface area contributed by atoms with E-state index in [0.717, 1.165) is 35.6 Å². The van der Waals surface area contributed by atoms with E-state index in [9.17, 15) is 4.79 Å². The van der Waals surface area contributed by atoms with Gasteiger partial charge in [0, 0.05) is 31.9 Å². The summed E-state index contributed by atoms with van der Waals surface area (Å²) >= 11 is 0. The van der Waals surface area contributed by atoms with Crippen LogP contribution in [-0.2, 0) is 24.2 Å². The van der Waals surface area contributed by atoms with Crippen LogP contribution >= 0.6 is 0 Å². The summed E-state index contributed by atoms with van der Waals surface area (Å²) in [5.41, 5.74) is 4.20. The molecule has 0 unspecified atom stereocenters. The van der Waals surface area contributed by atoms with Gasteiger partial charge in [0.2, 0.25) is 5.91 Å². The maximum absolute atomic E-state index is 12.7. The molecule has 0 aliphatic carbocycles. The lowest BCUT2D eigenvalue weighted by Crippen LogP contribution is -2.36. The monoisotopic (exact) mass is 365 g/mol. The van der Waals surface area contributed by atoms with Gasteiger partial charge >= 0.3 is 0 Å². The van der Waals surface area contributed by atoms with Crippen molar-refractivity contribution in [3.63, 3.8) is 0 Å². The van der Waals surface area contributed by atoms with Gasteiger partial charge in [-0.2, -0.15) is 0 Å². The van der Waals surface area contributed by atoms with E-state index in [1.807, 2.05) is 52.0 Å². The average Bonchev–Trinajstić information content (AvgIpc) is 3.13. The van der Waals surface area contributed by atoms with Crippen LogP contribution in [0.1, 0.15) is 23.2 Å². The summed E-state index contributed by atoms with van der Waals surface area (Å²) in [4.78, 5) is 19.2. The lowest BCUT2D eigenvalue weighted by Gasteiger charge is -2.29. The number of amides is 1. The highest BCUT2D eigenvalue weighted by Crippen LogP contribution is 2.33. The molecule has 1 aliphatic rings. The van der Waals surface area contributed by atoms with Gasteiger partial charge in [-0.05, 0) is 48.2 Å². The van der Waals surface area contributed by atoms with Crippen molar-refractivity contribution in [2.75, 3.05) is 20.8 Å². The molecule has 0 bridgehead atoms. The average molecular weight is 365 g/mol. The smallest absolute Gasteiger partial charge is 0.223 e. The van der Waals surface area contributed by atoms with Crippen molar-refractivity contribution in [2.24, 2.45) is 0 Å². The third-order valence-electron chi connectivity index (χ3n) is 5.08. The van der Waals surface area contributed by atoms with Crippen LogP contribution in [0.25, 0.3) is 5.65 Å². The van der Waals surface area contributed by atoms with Gasteiger partial charge in [0.05, 0.1) is 19.9 Å². The molecule has 0 spiro atoms. The van der Waals surface area contributed by atoms with E-state index in [2.05, 4.69) is 4.98 Å². The Morgan fingerprint density at radius 1 is 1.15 bits per heavy atom. The largest absolute Gasteiger partial charge is 0.493 e. The maximum Gasteiger partial charge on any atom is 0.223 e. The Hall–Kier alpha value is -3.02. The first-order valence-corrected chi connectivity index (χ1v) is 9.12. The Bertz CT molecular complexity index is 947. The number of ether oxygens (including phenoxy) is 2. The molecule has 1 amide bonds. The summed E-state index contributed by atoms with van der Waals surface area (Å²) in [7, 11) is 3.27. The van der Waals surface area contributed by atoms with E-state index < -0.39 is 0 Å². The summed E-state index contributed by atoms with van der Waals surface area (Å²) in [6, 6.07) is 9.90. The molecular formula is C21H23N3O3. The van der Waals surface area contributed by atoms with Gasteiger partial charge in [0.25, 0.3) is 0 Å². The molecule has 0 fully saturated rings. The van der Waals surface area contributed by atoms with Crippen molar-refractivity contribution < 1.29 is 14.3 Å². The van der Waals surface area contributed by atoms with Crippen LogP contribution in [-0.4, -0.2) is 41.0 Å². The van der Waals surface area contributed by atoms with Crippen molar-refractivity contribution in [3.05, 3.63) is 59.5 Å². The van der Waals surface area contributed by atoms with Gasteiger partial charge in [0.15, 0.2) is 11.5 Å². The van der Waals surface area contributed by atoms with Crippen LogP contribution in [0.2, 0.25) is 0 Å². The molecule has 1 aliphatic heterocycles. The van der Waals surface area contributed by atoms with Gasteiger partial charge in [0.1, 0.15) is 5.65 Å². The standard InChI is InChI=1S/C21H23N3O3/c1-26-18-11-15-8-10-24(13-16(15)12-19(18)27-2)21(25)7-6-17-14-23-9-4-3-5-20(23)22-17/h3-5,9,11-12,14H,6-8,10,13H2,1-2H3. The summed E-state index contributed by atoms with van der Waals surface area (Å²) in [5.74, 6) is 1.60. The molecule has 2 aromatic heterocycles. The van der Waals surface area contributed by atoms with E-state index in [4.69, 9.17) is 9.47 Å². The second-order valence-corrected chi connectivity index (χ2v) is 6.74. The number of carbonyl (C=O) groups is 1. The maximum atomic E-state index is 12.7. The number of nitrogens with zero attached hydrogens (tertiary/aromatic N) is 3. The lowest BCUT2D eigenvalue weighted by atomic mass is 9.98. The van der Waals surface area contributed by atoms with Crippen LogP contribution in [0.3, 0.4) is 0 Å². The molecule has 3 aromatic rings. The Morgan fingerprint density at radius 2 is 1.93 bits per heavy atom. The van der Waals surface area contributed by atoms with Crippen LogP contribution in [0.4, 0.5) is 0 Å². The fourth-order valence-corrected chi connectivity index (χ4v) is 3.60. The third-order valence-corrected chi connectivity index (χ3v) is 5.08. The van der Waals surface area contributed by atoms with E-state index in [1.165, 1.54) is 5.56 Å². The highest BCUT2D eigenvalue weighted by molar-refractivity contribution is 5.77. The molecule has 0 saturated carbocycles. The van der Waals surface area contributed by atoms with Crippen molar-refractivity contribution in [3.8, 4) is 11.5 Å². The number of aryl methyl sites for hydroxylation is 1. The minimum atomic E-state index is 0.160. The minimum Gasteiger partial charge on any atom is -0.493 e. The van der Waals surface area contributed by atoms with Gasteiger partial charge in [-0.25, -0.2) is 4.98 Å². The van der Waals surface area contributed by atoms with Crippen LogP contribution < -0.4 is 9.47 Å². The predicted molar refractivity (Wildman–Crippen MR) is 102 cm³/mol. The molecule has 6 heteroatoms. The van der Waals surface area contributed by atoms with E-state index in [1.54, 1.807) is 14.2 Å². The highest BCUT2D eigenvalue weighted by atomic mass is 16.5. The number of hydrogen-bond acceptors (Lipinski definition) is 4. The Balaban J connectivity index is 1.43. The molecule has 0 atom stereocenters. The Kier molecular flexibility index (Phi) is 4.71. The molecule has 0 radical (unpaired) electrons. The second-order valence-electron chi connectivity index (χ2n) is 6.74. The first-order valence-electron chi connectivity index (χ1n) is 9.12. The molecule has 0 saturated heterocycles. The number of rotatable bonds is 5. The zero-order chi connectivity index (χ0) is 18.8. The normalized spacial score (nSPS) is 13.5. The summed E-state index contributed by atoms with van der Waals surface area (Å²) in [6.45, 7) is 1.34. The molecule has 6 nitrogen and oxygen atoms in total. The van der Waals surface area contributed by atoms with Gasteiger partial charge < -0.3 is 18.8 Å². The predicted octanol–water partition coefficient (Wildman–Crippen LogP) is 2.87. The first kappa shape index (κ1) is 17.4. The fourth-order valence-electron chi connectivity index (χ4n) is 3.60. The molecule has 140 valence electrons. The topological polar surface area (TPSA) is 56.1 Å². The van der Waals surface area contributed by atoms with E-state index >= 15 is 0 Å². The van der Waals surface area contributed by atoms with Gasteiger partial charge in [-0.3, -0.25) is 4.79 Å². The number of benzene rings is 1. The van der Waals surface area contributed by atoms with E-state index in [0.29, 0.717) is 25.1 Å². The van der Waals surface area contributed by atoms with Crippen molar-refractivity contribution in [1.29, 1.82) is 0 Å². The molecule has 1 aromatic carbocycles. The molecular weight excluding hydrogens is 342 g/mol. The summed E-state index contributed by atoms with van der Waals surface area (Å²) in [6.07, 6.45) is 5.90. The molecule has 4 rings (SSSR count). The molecule has 0 N–H and O–H groups in total. The number of aromatic nitrogens is 2. The number of methoxy groups -OCH3 is 2. The minimum absolute atomic E-state index is 0.160. The number of imidazole rings is 1. The zero-order valence-electron chi connectivity index (χ0n) is 15.6. The Morgan fingerprint density at radius 3 is 2.67 bits per heavy atom. The molecule has 3 heterocycles.